The molecule has 0 saturated carbocycles. The monoisotopic (exact) mass is 315 g/mol. The standard InChI is InChI=1S/C20H17N3O/c21-13-16-5-3-4-14(11-16)10-15-7-8-17-19(12-15)24-20(23-17)18-6-1-2-9-22-18/h1-6,9,11,15H,7-8,10,12H2. The van der Waals surface area contributed by atoms with Crippen LogP contribution in [0.5, 0.6) is 0 Å². The first-order valence-electron chi connectivity index (χ1n) is 8.21. The largest absolute Gasteiger partial charge is 0.440 e. The smallest absolute Gasteiger partial charge is 0.245 e. The molecule has 0 radical (unpaired) electrons. The number of nitriles is 1. The van der Waals surface area contributed by atoms with Gasteiger partial charge in [-0.3, -0.25) is 4.98 Å². The van der Waals surface area contributed by atoms with Crippen LogP contribution in [0.4, 0.5) is 0 Å². The summed E-state index contributed by atoms with van der Waals surface area (Å²) in [5.74, 6) is 2.13. The van der Waals surface area contributed by atoms with Gasteiger partial charge in [0.2, 0.25) is 5.89 Å². The molecule has 4 heteroatoms. The Bertz CT molecular complexity index is 893. The van der Waals surface area contributed by atoms with Crippen molar-refractivity contribution in [3.63, 3.8) is 0 Å². The molecule has 24 heavy (non-hydrogen) atoms. The summed E-state index contributed by atoms with van der Waals surface area (Å²) in [5.41, 5.74) is 3.79. The zero-order chi connectivity index (χ0) is 16.4. The van der Waals surface area contributed by atoms with Gasteiger partial charge in [-0.05, 0) is 55.0 Å². The number of pyridine rings is 1. The lowest BCUT2D eigenvalue weighted by Gasteiger charge is -2.20. The third-order valence-electron chi connectivity index (χ3n) is 4.51. The Morgan fingerprint density at radius 1 is 1.21 bits per heavy atom. The highest BCUT2D eigenvalue weighted by Crippen LogP contribution is 2.31. The van der Waals surface area contributed by atoms with E-state index in [1.165, 1.54) is 5.56 Å². The Morgan fingerprint density at radius 3 is 3.00 bits per heavy atom. The first-order valence-corrected chi connectivity index (χ1v) is 8.21. The van der Waals surface area contributed by atoms with Crippen molar-refractivity contribution in [2.45, 2.75) is 25.7 Å². The number of aryl methyl sites for hydroxylation is 1. The third-order valence-corrected chi connectivity index (χ3v) is 4.51. The molecule has 1 aliphatic rings. The summed E-state index contributed by atoms with van der Waals surface area (Å²) in [6, 6.07) is 15.8. The second-order valence-corrected chi connectivity index (χ2v) is 6.23. The van der Waals surface area contributed by atoms with Gasteiger partial charge in [-0.2, -0.15) is 5.26 Å². The predicted molar refractivity (Wildman–Crippen MR) is 90.1 cm³/mol. The lowest BCUT2D eigenvalue weighted by Crippen LogP contribution is -2.15. The molecule has 1 atom stereocenters. The number of fused-ring (bicyclic) bond motifs is 1. The Labute approximate surface area is 140 Å². The van der Waals surface area contributed by atoms with Crippen LogP contribution in [0.2, 0.25) is 0 Å². The van der Waals surface area contributed by atoms with Gasteiger partial charge in [0, 0.05) is 12.6 Å². The number of rotatable bonds is 3. The van der Waals surface area contributed by atoms with Crippen molar-refractivity contribution in [1.82, 2.24) is 9.97 Å². The SMILES string of the molecule is N#Cc1cccc(CC2CCc3nc(-c4ccccn4)oc3C2)c1. The van der Waals surface area contributed by atoms with Crippen molar-refractivity contribution < 1.29 is 4.42 Å². The van der Waals surface area contributed by atoms with E-state index < -0.39 is 0 Å². The third kappa shape index (κ3) is 2.93. The normalized spacial score (nSPS) is 16.4. The molecule has 2 heterocycles. The minimum Gasteiger partial charge on any atom is -0.440 e. The highest BCUT2D eigenvalue weighted by molar-refractivity contribution is 5.47. The highest BCUT2D eigenvalue weighted by Gasteiger charge is 2.25. The summed E-state index contributed by atoms with van der Waals surface area (Å²) in [4.78, 5) is 8.93. The Morgan fingerprint density at radius 2 is 2.17 bits per heavy atom. The van der Waals surface area contributed by atoms with Gasteiger partial charge in [0.15, 0.2) is 0 Å². The van der Waals surface area contributed by atoms with E-state index in [9.17, 15) is 0 Å². The van der Waals surface area contributed by atoms with E-state index >= 15 is 0 Å². The zero-order valence-corrected chi connectivity index (χ0v) is 13.3. The molecule has 1 unspecified atom stereocenters. The van der Waals surface area contributed by atoms with Gasteiger partial charge < -0.3 is 4.42 Å². The average molecular weight is 315 g/mol. The van der Waals surface area contributed by atoms with Gasteiger partial charge >= 0.3 is 0 Å². The van der Waals surface area contributed by atoms with E-state index in [0.29, 0.717) is 11.8 Å². The fourth-order valence-electron chi connectivity index (χ4n) is 3.32. The summed E-state index contributed by atoms with van der Waals surface area (Å²) >= 11 is 0. The van der Waals surface area contributed by atoms with Crippen LogP contribution in [-0.2, 0) is 19.3 Å². The van der Waals surface area contributed by atoms with Gasteiger partial charge in [-0.15, -0.1) is 0 Å². The zero-order valence-electron chi connectivity index (χ0n) is 13.3. The van der Waals surface area contributed by atoms with E-state index in [1.807, 2.05) is 36.4 Å². The first kappa shape index (κ1) is 14.6. The van der Waals surface area contributed by atoms with Gasteiger partial charge in [-0.25, -0.2) is 4.98 Å². The van der Waals surface area contributed by atoms with Crippen LogP contribution in [0.1, 0.15) is 29.0 Å². The minimum atomic E-state index is 0.524. The molecule has 3 aromatic rings. The highest BCUT2D eigenvalue weighted by atomic mass is 16.4. The van der Waals surface area contributed by atoms with Gasteiger partial charge in [0.25, 0.3) is 0 Å². The Kier molecular flexibility index (Phi) is 3.84. The molecule has 2 aromatic heterocycles. The van der Waals surface area contributed by atoms with Crippen LogP contribution in [-0.4, -0.2) is 9.97 Å². The Hall–Kier alpha value is -2.93. The van der Waals surface area contributed by atoms with E-state index in [4.69, 9.17) is 9.68 Å². The number of nitrogens with zero attached hydrogens (tertiary/aromatic N) is 3. The maximum absolute atomic E-state index is 9.03. The van der Waals surface area contributed by atoms with Gasteiger partial charge in [0.05, 0.1) is 17.3 Å². The van der Waals surface area contributed by atoms with Crippen molar-refractivity contribution in [2.24, 2.45) is 5.92 Å². The summed E-state index contributed by atoms with van der Waals surface area (Å²) in [6.45, 7) is 0. The molecule has 0 amide bonds. The van der Waals surface area contributed by atoms with E-state index in [-0.39, 0.29) is 0 Å². The molecule has 4 nitrogen and oxygen atoms in total. The number of oxazole rings is 1. The molecule has 0 N–H and O–H groups in total. The molecule has 1 aromatic carbocycles. The van der Waals surface area contributed by atoms with Gasteiger partial charge in [0.1, 0.15) is 11.5 Å². The Balaban J connectivity index is 1.52. The van der Waals surface area contributed by atoms with E-state index in [1.54, 1.807) is 6.20 Å². The number of benzene rings is 1. The number of hydrogen-bond acceptors (Lipinski definition) is 4. The van der Waals surface area contributed by atoms with Crippen molar-refractivity contribution in [3.05, 3.63) is 71.2 Å². The topological polar surface area (TPSA) is 62.7 Å². The maximum atomic E-state index is 9.03. The van der Waals surface area contributed by atoms with Gasteiger partial charge in [-0.1, -0.05) is 18.2 Å². The minimum absolute atomic E-state index is 0.524. The fraction of sp³-hybridized carbons (Fsp3) is 0.250. The number of hydrogen-bond donors (Lipinski definition) is 0. The van der Waals surface area contributed by atoms with Crippen molar-refractivity contribution in [3.8, 4) is 17.7 Å². The summed E-state index contributed by atoms with van der Waals surface area (Å²) in [5, 5.41) is 9.03. The van der Waals surface area contributed by atoms with Crippen LogP contribution < -0.4 is 0 Å². The predicted octanol–water partition coefficient (Wildman–Crippen LogP) is 3.96. The van der Waals surface area contributed by atoms with Crippen LogP contribution in [0, 0.1) is 17.2 Å². The van der Waals surface area contributed by atoms with E-state index in [0.717, 1.165) is 48.4 Å². The summed E-state index contributed by atoms with van der Waals surface area (Å²) < 4.78 is 5.98. The molecule has 0 spiro atoms. The maximum Gasteiger partial charge on any atom is 0.245 e. The second-order valence-electron chi connectivity index (χ2n) is 6.23. The van der Waals surface area contributed by atoms with Crippen LogP contribution >= 0.6 is 0 Å². The second kappa shape index (κ2) is 6.29. The molecule has 0 saturated heterocycles. The van der Waals surface area contributed by atoms with Crippen LogP contribution in [0.25, 0.3) is 11.6 Å². The quantitative estimate of drug-likeness (QED) is 0.734. The first-order chi connectivity index (χ1) is 11.8. The van der Waals surface area contributed by atoms with Crippen LogP contribution in [0.15, 0.2) is 53.1 Å². The van der Waals surface area contributed by atoms with Crippen LogP contribution in [0.3, 0.4) is 0 Å². The van der Waals surface area contributed by atoms with E-state index in [2.05, 4.69) is 22.1 Å². The van der Waals surface area contributed by atoms with Crippen molar-refractivity contribution in [1.29, 1.82) is 5.26 Å². The lowest BCUT2D eigenvalue weighted by atomic mass is 9.85. The molecule has 4 rings (SSSR count). The summed E-state index contributed by atoms with van der Waals surface area (Å²) in [7, 11) is 0. The lowest BCUT2D eigenvalue weighted by molar-refractivity contribution is 0.393. The molecule has 0 bridgehead atoms. The summed E-state index contributed by atoms with van der Waals surface area (Å²) in [6.07, 6.45) is 5.65. The fourth-order valence-corrected chi connectivity index (χ4v) is 3.32. The number of aromatic nitrogens is 2. The molecule has 1 aliphatic carbocycles. The molecular formula is C20H17N3O. The van der Waals surface area contributed by atoms with Crippen molar-refractivity contribution in [2.75, 3.05) is 0 Å². The molecular weight excluding hydrogens is 298 g/mol. The van der Waals surface area contributed by atoms with Crippen molar-refractivity contribution >= 4 is 0 Å². The molecule has 0 aliphatic heterocycles. The molecule has 118 valence electrons. The average Bonchev–Trinajstić information content (AvgIpc) is 3.06. The molecule has 0 fully saturated rings.